The first-order valence-corrected chi connectivity index (χ1v) is 10.7. The molecule has 0 unspecified atom stereocenters. The molecule has 0 radical (unpaired) electrons. The van der Waals surface area contributed by atoms with Crippen LogP contribution in [0.15, 0.2) is 53.4 Å². The molecule has 1 heterocycles. The van der Waals surface area contributed by atoms with Crippen LogP contribution in [0, 0.1) is 13.8 Å². The van der Waals surface area contributed by atoms with Crippen molar-refractivity contribution in [3.63, 3.8) is 0 Å². The third-order valence-electron chi connectivity index (χ3n) is 4.97. The summed E-state index contributed by atoms with van der Waals surface area (Å²) in [4.78, 5) is 13.0. The number of rotatable bonds is 5. The van der Waals surface area contributed by atoms with Gasteiger partial charge < -0.3 is 5.32 Å². The fourth-order valence-corrected chi connectivity index (χ4v) is 4.97. The molecule has 1 fully saturated rings. The molecule has 0 aromatic heterocycles. The Hall–Kier alpha value is -2.18. The Kier molecular flexibility index (Phi) is 5.97. The van der Waals surface area contributed by atoms with Crippen molar-refractivity contribution in [1.82, 2.24) is 9.62 Å². The first-order chi connectivity index (χ1) is 12.9. The highest BCUT2D eigenvalue weighted by atomic mass is 32.2. The highest BCUT2D eigenvalue weighted by Crippen LogP contribution is 2.26. The second-order valence-electron chi connectivity index (χ2n) is 7.14. The zero-order valence-corrected chi connectivity index (χ0v) is 16.6. The van der Waals surface area contributed by atoms with E-state index in [1.54, 1.807) is 24.3 Å². The molecule has 1 aliphatic rings. The van der Waals surface area contributed by atoms with Crippen LogP contribution in [-0.2, 0) is 21.4 Å². The number of hydrogen-bond acceptors (Lipinski definition) is 3. The number of carbonyl (C=O) groups is 1. The number of nitrogens with one attached hydrogen (secondary N) is 1. The molecule has 2 aromatic carbocycles. The molecule has 1 amide bonds. The molecule has 0 aliphatic carbocycles. The van der Waals surface area contributed by atoms with Gasteiger partial charge in [0.2, 0.25) is 15.9 Å². The van der Waals surface area contributed by atoms with Crippen LogP contribution in [-0.4, -0.2) is 31.2 Å². The summed E-state index contributed by atoms with van der Waals surface area (Å²) >= 11 is 0. The van der Waals surface area contributed by atoms with Crippen LogP contribution in [0.1, 0.15) is 36.0 Å². The first-order valence-electron chi connectivity index (χ1n) is 9.30. The number of hydrogen-bond donors (Lipinski definition) is 1. The lowest BCUT2D eigenvalue weighted by atomic mass is 10.0. The van der Waals surface area contributed by atoms with E-state index in [0.717, 1.165) is 29.5 Å². The summed E-state index contributed by atoms with van der Waals surface area (Å²) in [6.07, 6.45) is 2.17. The van der Waals surface area contributed by atoms with Crippen molar-refractivity contribution in [3.8, 4) is 0 Å². The van der Waals surface area contributed by atoms with Gasteiger partial charge in [-0.25, -0.2) is 8.42 Å². The summed E-state index contributed by atoms with van der Waals surface area (Å²) in [7, 11) is -3.69. The Morgan fingerprint density at radius 1 is 1.00 bits per heavy atom. The van der Waals surface area contributed by atoms with Crippen LogP contribution in [0.3, 0.4) is 0 Å². The van der Waals surface area contributed by atoms with Crippen molar-refractivity contribution in [1.29, 1.82) is 0 Å². The van der Waals surface area contributed by atoms with E-state index in [1.165, 1.54) is 4.31 Å². The summed E-state index contributed by atoms with van der Waals surface area (Å²) < 4.78 is 27.5. The number of aryl methyl sites for hydroxylation is 2. The van der Waals surface area contributed by atoms with Crippen molar-refractivity contribution in [2.45, 2.75) is 50.6 Å². The quantitative estimate of drug-likeness (QED) is 0.858. The number of sulfonamides is 1. The molecule has 0 saturated carbocycles. The molecule has 1 aliphatic heterocycles. The number of amides is 1. The predicted octanol–water partition coefficient (Wildman–Crippen LogP) is 3.16. The molecule has 144 valence electrons. The van der Waals surface area contributed by atoms with E-state index in [9.17, 15) is 13.2 Å². The summed E-state index contributed by atoms with van der Waals surface area (Å²) in [5.41, 5.74) is 3.16. The van der Waals surface area contributed by atoms with Gasteiger partial charge in [0.1, 0.15) is 6.04 Å². The minimum atomic E-state index is -3.69. The van der Waals surface area contributed by atoms with E-state index in [2.05, 4.69) is 5.32 Å². The van der Waals surface area contributed by atoms with Gasteiger partial charge in [-0.05, 0) is 44.4 Å². The molecule has 5 nitrogen and oxygen atoms in total. The van der Waals surface area contributed by atoms with Gasteiger partial charge in [0.15, 0.2) is 0 Å². The van der Waals surface area contributed by atoms with Crippen LogP contribution >= 0.6 is 0 Å². The molecule has 2 aromatic rings. The second-order valence-corrected chi connectivity index (χ2v) is 9.03. The standard InChI is InChI=1S/C21H26N2O3S/c1-16-6-10-18(11-7-16)15-22-21(24)20-5-3-4-14-23(20)27(25,26)19-12-8-17(2)9-13-19/h6-13,20H,3-5,14-15H2,1-2H3,(H,22,24)/t20-/m1/s1. The number of benzene rings is 2. The fraction of sp³-hybridized carbons (Fsp3) is 0.381. The van der Waals surface area contributed by atoms with Crippen LogP contribution in [0.2, 0.25) is 0 Å². The van der Waals surface area contributed by atoms with Gasteiger partial charge >= 0.3 is 0 Å². The van der Waals surface area contributed by atoms with E-state index < -0.39 is 16.1 Å². The average molecular weight is 387 g/mol. The maximum absolute atomic E-state index is 13.1. The van der Waals surface area contributed by atoms with Crippen molar-refractivity contribution < 1.29 is 13.2 Å². The maximum Gasteiger partial charge on any atom is 0.243 e. The Morgan fingerprint density at radius 3 is 2.22 bits per heavy atom. The van der Waals surface area contributed by atoms with E-state index in [0.29, 0.717) is 19.5 Å². The van der Waals surface area contributed by atoms with Gasteiger partial charge in [0.25, 0.3) is 0 Å². The molecule has 6 heteroatoms. The van der Waals surface area contributed by atoms with Crippen LogP contribution in [0.25, 0.3) is 0 Å². The number of carbonyl (C=O) groups excluding carboxylic acids is 1. The predicted molar refractivity (Wildman–Crippen MR) is 106 cm³/mol. The molecule has 1 atom stereocenters. The molecule has 27 heavy (non-hydrogen) atoms. The average Bonchev–Trinajstić information content (AvgIpc) is 2.67. The molecular weight excluding hydrogens is 360 g/mol. The third kappa shape index (κ3) is 4.57. The molecule has 1 N–H and O–H groups in total. The van der Waals surface area contributed by atoms with Gasteiger partial charge in [0.05, 0.1) is 4.90 Å². The zero-order chi connectivity index (χ0) is 19.4. The Labute approximate surface area is 161 Å². The van der Waals surface area contributed by atoms with E-state index in [4.69, 9.17) is 0 Å². The van der Waals surface area contributed by atoms with Crippen molar-refractivity contribution >= 4 is 15.9 Å². The Morgan fingerprint density at radius 2 is 1.59 bits per heavy atom. The minimum absolute atomic E-state index is 0.231. The summed E-state index contributed by atoms with van der Waals surface area (Å²) in [5, 5.41) is 2.91. The van der Waals surface area contributed by atoms with Crippen LogP contribution in [0.4, 0.5) is 0 Å². The maximum atomic E-state index is 13.1. The highest BCUT2D eigenvalue weighted by Gasteiger charge is 2.37. The molecular formula is C21H26N2O3S. The molecule has 1 saturated heterocycles. The minimum Gasteiger partial charge on any atom is -0.351 e. The number of nitrogens with zero attached hydrogens (tertiary/aromatic N) is 1. The third-order valence-corrected chi connectivity index (χ3v) is 6.89. The first kappa shape index (κ1) is 19.6. The van der Waals surface area contributed by atoms with Crippen LogP contribution < -0.4 is 5.32 Å². The molecule has 3 rings (SSSR count). The van der Waals surface area contributed by atoms with E-state index in [1.807, 2.05) is 38.1 Å². The topological polar surface area (TPSA) is 66.5 Å². The smallest absolute Gasteiger partial charge is 0.243 e. The van der Waals surface area contributed by atoms with Crippen molar-refractivity contribution in [3.05, 3.63) is 65.2 Å². The largest absolute Gasteiger partial charge is 0.351 e. The van der Waals surface area contributed by atoms with Gasteiger partial charge in [-0.3, -0.25) is 4.79 Å². The van der Waals surface area contributed by atoms with Gasteiger partial charge in [-0.2, -0.15) is 4.31 Å². The molecule has 0 spiro atoms. The fourth-order valence-electron chi connectivity index (χ4n) is 3.31. The lowest BCUT2D eigenvalue weighted by Crippen LogP contribution is -2.51. The summed E-state index contributed by atoms with van der Waals surface area (Å²) in [6.45, 7) is 4.70. The lowest BCUT2D eigenvalue weighted by Gasteiger charge is -2.33. The van der Waals surface area contributed by atoms with E-state index in [-0.39, 0.29) is 10.8 Å². The Balaban J connectivity index is 1.75. The second kappa shape index (κ2) is 8.23. The SMILES string of the molecule is Cc1ccc(CNC(=O)[C@H]2CCCCN2S(=O)(=O)c2ccc(C)cc2)cc1. The van der Waals surface area contributed by atoms with Gasteiger partial charge in [0, 0.05) is 13.1 Å². The monoisotopic (exact) mass is 386 g/mol. The van der Waals surface area contributed by atoms with Gasteiger partial charge in [-0.1, -0.05) is 53.9 Å². The van der Waals surface area contributed by atoms with Crippen LogP contribution in [0.5, 0.6) is 0 Å². The lowest BCUT2D eigenvalue weighted by molar-refractivity contribution is -0.125. The molecule has 0 bridgehead atoms. The van der Waals surface area contributed by atoms with Crippen molar-refractivity contribution in [2.24, 2.45) is 0 Å². The highest BCUT2D eigenvalue weighted by molar-refractivity contribution is 7.89. The summed E-state index contributed by atoms with van der Waals surface area (Å²) in [6, 6.07) is 14.1. The van der Waals surface area contributed by atoms with E-state index >= 15 is 0 Å². The van der Waals surface area contributed by atoms with Crippen molar-refractivity contribution in [2.75, 3.05) is 6.54 Å². The zero-order valence-electron chi connectivity index (χ0n) is 15.8. The van der Waals surface area contributed by atoms with Gasteiger partial charge in [-0.15, -0.1) is 0 Å². The summed E-state index contributed by atoms with van der Waals surface area (Å²) in [5.74, 6) is -0.231. The normalized spacial score (nSPS) is 18.2. The Bertz CT molecular complexity index is 890. The number of piperidine rings is 1.